The maximum Gasteiger partial charge on any atom is 0.284 e. The Balaban J connectivity index is 3.33. The molecule has 0 aromatic carbocycles. The Morgan fingerprint density at radius 2 is 2.14 bits per heavy atom. The van der Waals surface area contributed by atoms with Crippen molar-refractivity contribution in [3.8, 4) is 5.75 Å². The molecule has 14 heavy (non-hydrogen) atoms. The number of nitrogens with zero attached hydrogens (tertiary/aromatic N) is 1. The average molecular weight is 206 g/mol. The number of amides is 1. The molecule has 0 spiro atoms. The van der Waals surface area contributed by atoms with Crippen molar-refractivity contribution in [1.82, 2.24) is 4.98 Å². The van der Waals surface area contributed by atoms with Crippen LogP contribution < -0.4 is 5.73 Å². The van der Waals surface area contributed by atoms with Gasteiger partial charge in [-0.2, -0.15) is 0 Å². The summed E-state index contributed by atoms with van der Waals surface area (Å²) < 4.78 is 37.0. The molecule has 0 saturated heterocycles. The van der Waals surface area contributed by atoms with Gasteiger partial charge in [0.1, 0.15) is 0 Å². The van der Waals surface area contributed by atoms with Crippen LogP contribution in [-0.2, 0) is 0 Å². The van der Waals surface area contributed by atoms with Crippen molar-refractivity contribution in [2.24, 2.45) is 5.73 Å². The number of aromatic nitrogens is 1. The van der Waals surface area contributed by atoms with Gasteiger partial charge in [0.15, 0.2) is 17.3 Å². The zero-order chi connectivity index (χ0) is 10.9. The van der Waals surface area contributed by atoms with E-state index in [0.717, 1.165) is 0 Å². The number of hydrogen-bond donors (Lipinski definition) is 2. The van der Waals surface area contributed by atoms with Crippen molar-refractivity contribution in [3.05, 3.63) is 23.3 Å². The van der Waals surface area contributed by atoms with Crippen molar-refractivity contribution >= 4 is 5.91 Å². The Morgan fingerprint density at radius 3 is 2.57 bits per heavy atom. The van der Waals surface area contributed by atoms with Gasteiger partial charge in [-0.05, 0) is 0 Å². The highest BCUT2D eigenvalue weighted by atomic mass is 19.3. The number of hydrogen-bond acceptors (Lipinski definition) is 3. The van der Waals surface area contributed by atoms with Gasteiger partial charge in [0.2, 0.25) is 0 Å². The van der Waals surface area contributed by atoms with E-state index < -0.39 is 35.2 Å². The van der Waals surface area contributed by atoms with Crippen LogP contribution in [0.25, 0.3) is 0 Å². The Bertz CT molecular complexity index is 381. The number of alkyl halides is 2. The molecule has 1 rings (SSSR count). The molecule has 0 radical (unpaired) electrons. The summed E-state index contributed by atoms with van der Waals surface area (Å²) in [6.07, 6.45) is -2.56. The van der Waals surface area contributed by atoms with E-state index in [2.05, 4.69) is 4.98 Å². The molecule has 1 aromatic rings. The summed E-state index contributed by atoms with van der Waals surface area (Å²) in [5.41, 5.74) is 2.84. The maximum absolute atomic E-state index is 12.9. The summed E-state index contributed by atoms with van der Waals surface area (Å²) in [5.74, 6) is -4.02. The van der Waals surface area contributed by atoms with E-state index in [0.29, 0.717) is 6.20 Å². The zero-order valence-corrected chi connectivity index (χ0v) is 6.67. The first kappa shape index (κ1) is 10.3. The molecule has 3 N–H and O–H groups in total. The minimum Gasteiger partial charge on any atom is -0.503 e. The number of carbonyl (C=O) groups excluding carboxylic acids is 1. The summed E-state index contributed by atoms with van der Waals surface area (Å²) in [5, 5.41) is 8.87. The van der Waals surface area contributed by atoms with E-state index in [1.54, 1.807) is 0 Å². The molecular formula is C7H5F3N2O2. The van der Waals surface area contributed by atoms with Crippen molar-refractivity contribution in [2.75, 3.05) is 0 Å². The number of carbonyl (C=O) groups is 1. The molecule has 0 bridgehead atoms. The normalized spacial score (nSPS) is 10.6. The van der Waals surface area contributed by atoms with Gasteiger partial charge >= 0.3 is 0 Å². The van der Waals surface area contributed by atoms with E-state index in [1.807, 2.05) is 0 Å². The summed E-state index contributed by atoms with van der Waals surface area (Å²) >= 11 is 0. The molecule has 0 saturated carbocycles. The highest BCUT2D eigenvalue weighted by Crippen LogP contribution is 2.29. The molecular weight excluding hydrogens is 201 g/mol. The molecule has 1 aromatic heterocycles. The molecule has 0 aliphatic carbocycles. The van der Waals surface area contributed by atoms with Crippen LogP contribution in [0.5, 0.6) is 5.75 Å². The van der Waals surface area contributed by atoms with Gasteiger partial charge in [-0.25, -0.2) is 13.2 Å². The molecule has 0 unspecified atom stereocenters. The highest BCUT2D eigenvalue weighted by Gasteiger charge is 2.22. The minimum absolute atomic E-state index is 0.554. The van der Waals surface area contributed by atoms with E-state index in [-0.39, 0.29) is 0 Å². The lowest BCUT2D eigenvalue weighted by Gasteiger charge is -2.05. The van der Waals surface area contributed by atoms with Gasteiger partial charge in [-0.3, -0.25) is 9.78 Å². The number of pyridine rings is 1. The topological polar surface area (TPSA) is 76.2 Å². The molecule has 0 fully saturated rings. The second kappa shape index (κ2) is 3.52. The third-order valence-corrected chi connectivity index (χ3v) is 1.49. The van der Waals surface area contributed by atoms with Crippen LogP contribution in [0.4, 0.5) is 13.2 Å². The number of halogens is 3. The molecule has 0 atom stereocenters. The van der Waals surface area contributed by atoms with Gasteiger partial charge in [0.25, 0.3) is 12.3 Å². The van der Waals surface area contributed by atoms with Crippen LogP contribution >= 0.6 is 0 Å². The van der Waals surface area contributed by atoms with Gasteiger partial charge in [-0.15, -0.1) is 0 Å². The molecule has 0 aliphatic heterocycles. The first-order valence-corrected chi connectivity index (χ1v) is 3.40. The fraction of sp³-hybridized carbons (Fsp3) is 0.143. The van der Waals surface area contributed by atoms with Crippen LogP contribution in [-0.4, -0.2) is 16.0 Å². The number of aromatic hydroxyl groups is 1. The monoisotopic (exact) mass is 206 g/mol. The van der Waals surface area contributed by atoms with Gasteiger partial charge < -0.3 is 10.8 Å². The SMILES string of the molecule is NC(=O)c1cnc(C(F)F)c(O)c1F. The minimum atomic E-state index is -3.12. The molecule has 0 aliphatic rings. The highest BCUT2D eigenvalue weighted by molar-refractivity contribution is 5.93. The number of nitrogens with two attached hydrogens (primary N) is 1. The van der Waals surface area contributed by atoms with E-state index >= 15 is 0 Å². The van der Waals surface area contributed by atoms with E-state index in [4.69, 9.17) is 10.8 Å². The first-order valence-electron chi connectivity index (χ1n) is 3.40. The lowest BCUT2D eigenvalue weighted by Crippen LogP contribution is -2.14. The summed E-state index contributed by atoms with van der Waals surface area (Å²) in [6.45, 7) is 0. The molecule has 7 heteroatoms. The Hall–Kier alpha value is -1.79. The van der Waals surface area contributed by atoms with Crippen molar-refractivity contribution in [1.29, 1.82) is 0 Å². The number of primary amides is 1. The van der Waals surface area contributed by atoms with Crippen molar-refractivity contribution in [3.63, 3.8) is 0 Å². The van der Waals surface area contributed by atoms with Crippen LogP contribution in [0.3, 0.4) is 0 Å². The summed E-state index contributed by atoms with van der Waals surface area (Å²) in [7, 11) is 0. The predicted octanol–water partition coefficient (Wildman–Crippen LogP) is 0.963. The van der Waals surface area contributed by atoms with Gasteiger partial charge in [0, 0.05) is 6.20 Å². The van der Waals surface area contributed by atoms with Crippen LogP contribution in [0.15, 0.2) is 6.20 Å². The standard InChI is InChI=1S/C7H5F3N2O2/c8-3-2(7(11)14)1-12-4(5(3)13)6(9)10/h1,6,13H,(H2,11,14). The van der Waals surface area contributed by atoms with Gasteiger partial charge in [0.05, 0.1) is 5.56 Å². The van der Waals surface area contributed by atoms with Crippen LogP contribution in [0.1, 0.15) is 22.5 Å². The molecule has 1 amide bonds. The maximum atomic E-state index is 12.9. The second-order valence-electron chi connectivity index (χ2n) is 2.38. The summed E-state index contributed by atoms with van der Waals surface area (Å²) in [6, 6.07) is 0. The van der Waals surface area contributed by atoms with Crippen molar-refractivity contribution < 1.29 is 23.1 Å². The quantitative estimate of drug-likeness (QED) is 0.756. The van der Waals surface area contributed by atoms with Crippen LogP contribution in [0.2, 0.25) is 0 Å². The Labute approximate surface area is 76.2 Å². The lowest BCUT2D eigenvalue weighted by atomic mass is 10.2. The fourth-order valence-electron chi connectivity index (χ4n) is 0.823. The van der Waals surface area contributed by atoms with E-state index in [9.17, 15) is 18.0 Å². The third kappa shape index (κ3) is 1.61. The van der Waals surface area contributed by atoms with E-state index in [1.165, 1.54) is 0 Å². The molecule has 76 valence electrons. The van der Waals surface area contributed by atoms with Crippen LogP contribution in [0, 0.1) is 5.82 Å². The van der Waals surface area contributed by atoms with Crippen molar-refractivity contribution in [2.45, 2.75) is 6.43 Å². The smallest absolute Gasteiger partial charge is 0.284 e. The molecule has 1 heterocycles. The number of rotatable bonds is 2. The first-order chi connectivity index (χ1) is 6.45. The molecule has 4 nitrogen and oxygen atoms in total. The average Bonchev–Trinajstić information content (AvgIpc) is 2.08. The lowest BCUT2D eigenvalue weighted by molar-refractivity contribution is 0.0993. The fourth-order valence-corrected chi connectivity index (χ4v) is 0.823. The summed E-state index contributed by atoms with van der Waals surface area (Å²) in [4.78, 5) is 13.5. The Morgan fingerprint density at radius 1 is 1.57 bits per heavy atom. The third-order valence-electron chi connectivity index (χ3n) is 1.49. The zero-order valence-electron chi connectivity index (χ0n) is 6.67. The second-order valence-corrected chi connectivity index (χ2v) is 2.38. The predicted molar refractivity (Wildman–Crippen MR) is 39.3 cm³/mol. The van der Waals surface area contributed by atoms with Gasteiger partial charge in [-0.1, -0.05) is 0 Å². The largest absolute Gasteiger partial charge is 0.503 e. The Kier molecular flexibility index (Phi) is 2.59.